The molecule has 33 heavy (non-hydrogen) atoms. The summed E-state index contributed by atoms with van der Waals surface area (Å²) in [5.74, 6) is 2.11. The SMILES string of the molecule is COc1ccccc1-c1ccc2cnc(Nc3cccc(OCCN4CCOCC4)c3)nn12. The molecule has 0 unspecified atom stereocenters. The summed E-state index contributed by atoms with van der Waals surface area (Å²) in [4.78, 5) is 6.82. The summed E-state index contributed by atoms with van der Waals surface area (Å²) in [6.45, 7) is 5.04. The Hall–Kier alpha value is -3.62. The first kappa shape index (κ1) is 21.2. The van der Waals surface area contributed by atoms with Gasteiger partial charge in [-0.3, -0.25) is 4.90 Å². The van der Waals surface area contributed by atoms with E-state index in [-0.39, 0.29) is 0 Å². The van der Waals surface area contributed by atoms with Crippen LogP contribution in [0.25, 0.3) is 16.8 Å². The van der Waals surface area contributed by atoms with Gasteiger partial charge < -0.3 is 19.5 Å². The van der Waals surface area contributed by atoms with Gasteiger partial charge in [0.2, 0.25) is 5.95 Å². The van der Waals surface area contributed by atoms with Crippen molar-refractivity contribution in [1.29, 1.82) is 0 Å². The number of morpholine rings is 1. The van der Waals surface area contributed by atoms with E-state index in [2.05, 4.69) is 15.2 Å². The second-order valence-electron chi connectivity index (χ2n) is 7.79. The van der Waals surface area contributed by atoms with Crippen LogP contribution in [0.5, 0.6) is 11.5 Å². The van der Waals surface area contributed by atoms with Crippen LogP contribution in [0.2, 0.25) is 0 Å². The van der Waals surface area contributed by atoms with Crippen molar-refractivity contribution in [2.45, 2.75) is 0 Å². The summed E-state index contributed by atoms with van der Waals surface area (Å²) >= 11 is 0. The average Bonchev–Trinajstić information content (AvgIpc) is 3.28. The van der Waals surface area contributed by atoms with E-state index in [0.717, 1.165) is 66.8 Å². The van der Waals surface area contributed by atoms with Crippen molar-refractivity contribution in [3.8, 4) is 22.8 Å². The molecule has 1 saturated heterocycles. The lowest BCUT2D eigenvalue weighted by Gasteiger charge is -2.26. The van der Waals surface area contributed by atoms with Crippen molar-refractivity contribution < 1.29 is 14.2 Å². The lowest BCUT2D eigenvalue weighted by molar-refractivity contribution is 0.0322. The minimum Gasteiger partial charge on any atom is -0.496 e. The van der Waals surface area contributed by atoms with Crippen molar-refractivity contribution in [1.82, 2.24) is 19.5 Å². The fraction of sp³-hybridized carbons (Fsp3) is 0.280. The number of para-hydroxylation sites is 1. The number of methoxy groups -OCH3 is 1. The van der Waals surface area contributed by atoms with E-state index in [9.17, 15) is 0 Å². The maximum Gasteiger partial charge on any atom is 0.245 e. The van der Waals surface area contributed by atoms with E-state index in [1.165, 1.54) is 0 Å². The molecule has 3 heterocycles. The topological polar surface area (TPSA) is 73.1 Å². The van der Waals surface area contributed by atoms with Crippen LogP contribution in [0.4, 0.5) is 11.6 Å². The molecule has 0 saturated carbocycles. The number of nitrogens with zero attached hydrogens (tertiary/aromatic N) is 4. The Morgan fingerprint density at radius 2 is 1.91 bits per heavy atom. The summed E-state index contributed by atoms with van der Waals surface area (Å²) in [7, 11) is 1.67. The van der Waals surface area contributed by atoms with Gasteiger partial charge in [0, 0.05) is 37.0 Å². The van der Waals surface area contributed by atoms with Gasteiger partial charge in [-0.05, 0) is 36.4 Å². The molecule has 0 aliphatic carbocycles. The van der Waals surface area contributed by atoms with E-state index in [4.69, 9.17) is 19.3 Å². The lowest BCUT2D eigenvalue weighted by Crippen LogP contribution is -2.38. The summed E-state index contributed by atoms with van der Waals surface area (Å²) in [6.07, 6.45) is 1.80. The van der Waals surface area contributed by atoms with Crippen LogP contribution in [0.15, 0.2) is 66.9 Å². The number of hydrogen-bond acceptors (Lipinski definition) is 7. The van der Waals surface area contributed by atoms with Crippen LogP contribution < -0.4 is 14.8 Å². The molecule has 8 nitrogen and oxygen atoms in total. The van der Waals surface area contributed by atoms with Gasteiger partial charge in [-0.2, -0.15) is 0 Å². The van der Waals surface area contributed by atoms with Crippen LogP contribution in [0.1, 0.15) is 0 Å². The molecule has 0 amide bonds. The van der Waals surface area contributed by atoms with E-state index < -0.39 is 0 Å². The van der Waals surface area contributed by atoms with Crippen LogP contribution in [0.3, 0.4) is 0 Å². The predicted octanol–water partition coefficient (Wildman–Crippen LogP) is 3.86. The van der Waals surface area contributed by atoms with Crippen LogP contribution in [0, 0.1) is 0 Å². The normalized spacial score (nSPS) is 14.3. The van der Waals surface area contributed by atoms with Crippen LogP contribution >= 0.6 is 0 Å². The second-order valence-corrected chi connectivity index (χ2v) is 7.79. The highest BCUT2D eigenvalue weighted by Gasteiger charge is 2.12. The summed E-state index contributed by atoms with van der Waals surface area (Å²) in [6, 6.07) is 19.8. The quantitative estimate of drug-likeness (QED) is 0.441. The summed E-state index contributed by atoms with van der Waals surface area (Å²) < 4.78 is 18.8. The third-order valence-corrected chi connectivity index (χ3v) is 5.65. The fourth-order valence-electron chi connectivity index (χ4n) is 3.93. The predicted molar refractivity (Wildman–Crippen MR) is 127 cm³/mol. The second kappa shape index (κ2) is 9.89. The third kappa shape index (κ3) is 4.92. The fourth-order valence-corrected chi connectivity index (χ4v) is 3.93. The Balaban J connectivity index is 1.30. The molecule has 0 radical (unpaired) electrons. The molecule has 1 N–H and O–H groups in total. The maximum atomic E-state index is 5.97. The Morgan fingerprint density at radius 1 is 1.03 bits per heavy atom. The van der Waals surface area contributed by atoms with Crippen molar-refractivity contribution in [3.63, 3.8) is 0 Å². The summed E-state index contributed by atoms with van der Waals surface area (Å²) in [5.41, 5.74) is 3.68. The first-order valence-corrected chi connectivity index (χ1v) is 11.1. The zero-order valence-electron chi connectivity index (χ0n) is 18.6. The van der Waals surface area contributed by atoms with Crippen LogP contribution in [-0.4, -0.2) is 66.1 Å². The van der Waals surface area contributed by atoms with E-state index >= 15 is 0 Å². The van der Waals surface area contributed by atoms with Gasteiger partial charge in [0.25, 0.3) is 0 Å². The summed E-state index contributed by atoms with van der Waals surface area (Å²) in [5, 5.41) is 8.01. The molecular formula is C25H27N5O3. The molecule has 2 aromatic carbocycles. The minimum absolute atomic E-state index is 0.500. The van der Waals surface area contributed by atoms with Gasteiger partial charge in [0.05, 0.1) is 37.7 Å². The number of anilines is 2. The van der Waals surface area contributed by atoms with Gasteiger partial charge >= 0.3 is 0 Å². The molecule has 1 aliphatic rings. The third-order valence-electron chi connectivity index (χ3n) is 5.65. The van der Waals surface area contributed by atoms with Gasteiger partial charge in [-0.25, -0.2) is 9.50 Å². The largest absolute Gasteiger partial charge is 0.496 e. The number of rotatable bonds is 8. The molecule has 0 atom stereocenters. The highest BCUT2D eigenvalue weighted by atomic mass is 16.5. The molecule has 1 aliphatic heterocycles. The highest BCUT2D eigenvalue weighted by molar-refractivity contribution is 5.72. The molecular weight excluding hydrogens is 418 g/mol. The zero-order valence-corrected chi connectivity index (χ0v) is 18.6. The first-order chi connectivity index (χ1) is 16.3. The number of nitrogens with one attached hydrogen (secondary N) is 1. The molecule has 1 fully saturated rings. The maximum absolute atomic E-state index is 5.97. The standard InChI is InChI=1S/C25H27N5O3/c1-31-24-8-3-2-7-22(24)23-10-9-20-18-26-25(28-30(20)23)27-19-5-4-6-21(17-19)33-16-13-29-11-14-32-15-12-29/h2-10,17-18H,11-16H2,1H3,(H,27,28). The number of hydrogen-bond donors (Lipinski definition) is 1. The number of aromatic nitrogens is 3. The number of benzene rings is 2. The Bertz CT molecular complexity index is 1220. The van der Waals surface area contributed by atoms with Gasteiger partial charge in [-0.1, -0.05) is 18.2 Å². The molecule has 5 rings (SSSR count). The van der Waals surface area contributed by atoms with Crippen molar-refractivity contribution >= 4 is 17.2 Å². The first-order valence-electron chi connectivity index (χ1n) is 11.1. The lowest BCUT2D eigenvalue weighted by atomic mass is 10.1. The monoisotopic (exact) mass is 445 g/mol. The van der Waals surface area contributed by atoms with E-state index in [1.54, 1.807) is 13.3 Å². The average molecular weight is 446 g/mol. The van der Waals surface area contributed by atoms with E-state index in [1.807, 2.05) is 65.2 Å². The van der Waals surface area contributed by atoms with E-state index in [0.29, 0.717) is 12.6 Å². The van der Waals surface area contributed by atoms with Gasteiger partial charge in [-0.15, -0.1) is 5.10 Å². The highest BCUT2D eigenvalue weighted by Crippen LogP contribution is 2.30. The zero-order chi connectivity index (χ0) is 22.5. The Kier molecular flexibility index (Phi) is 6.37. The molecule has 0 spiro atoms. The number of ether oxygens (including phenoxy) is 3. The van der Waals surface area contributed by atoms with Crippen molar-refractivity contribution in [2.75, 3.05) is 51.9 Å². The smallest absolute Gasteiger partial charge is 0.245 e. The molecule has 8 heteroatoms. The Morgan fingerprint density at radius 3 is 2.79 bits per heavy atom. The molecule has 0 bridgehead atoms. The Labute approximate surface area is 192 Å². The molecule has 2 aromatic heterocycles. The van der Waals surface area contributed by atoms with Crippen LogP contribution in [-0.2, 0) is 4.74 Å². The molecule has 4 aromatic rings. The van der Waals surface area contributed by atoms with Gasteiger partial charge in [0.1, 0.15) is 18.1 Å². The molecule has 170 valence electrons. The minimum atomic E-state index is 0.500. The van der Waals surface area contributed by atoms with Crippen molar-refractivity contribution in [3.05, 3.63) is 66.9 Å². The van der Waals surface area contributed by atoms with Gasteiger partial charge in [0.15, 0.2) is 0 Å². The van der Waals surface area contributed by atoms with Crippen molar-refractivity contribution in [2.24, 2.45) is 0 Å². The number of fused-ring (bicyclic) bond motifs is 1.